The Balaban J connectivity index is 2.08. The molecule has 0 aliphatic heterocycles. The summed E-state index contributed by atoms with van der Waals surface area (Å²) in [6.07, 6.45) is 0. The number of carbonyl (C=O) groups excluding carboxylic acids is 3. The molecular formula is C16H16N2O7S. The molecule has 2 aromatic rings. The second-order valence-corrected chi connectivity index (χ2v) is 6.30. The molecule has 2 rings (SSSR count). The Morgan fingerprint density at radius 3 is 2.46 bits per heavy atom. The summed E-state index contributed by atoms with van der Waals surface area (Å²) >= 11 is 0.662. The van der Waals surface area contributed by atoms with Crippen molar-refractivity contribution < 1.29 is 28.8 Å². The van der Waals surface area contributed by atoms with Gasteiger partial charge in [0.25, 0.3) is 0 Å². The first-order valence-corrected chi connectivity index (χ1v) is 8.38. The van der Waals surface area contributed by atoms with Crippen LogP contribution in [0.2, 0.25) is 0 Å². The molecule has 9 nitrogen and oxygen atoms in total. The highest BCUT2D eigenvalue weighted by Gasteiger charge is 2.24. The number of ketones is 1. The minimum absolute atomic E-state index is 0.0242. The first-order chi connectivity index (χ1) is 12.3. The van der Waals surface area contributed by atoms with Crippen molar-refractivity contribution in [3.05, 3.63) is 49.6 Å². The van der Waals surface area contributed by atoms with Crippen LogP contribution in [0.15, 0.2) is 12.1 Å². The predicted molar refractivity (Wildman–Crippen MR) is 91.8 cm³/mol. The summed E-state index contributed by atoms with van der Waals surface area (Å²) in [5.41, 5.74) is 1.31. The molecule has 26 heavy (non-hydrogen) atoms. The lowest BCUT2D eigenvalue weighted by Crippen LogP contribution is -2.15. The van der Waals surface area contributed by atoms with E-state index in [0.717, 1.165) is 0 Å². The number of H-pyrrole nitrogens is 1. The van der Waals surface area contributed by atoms with E-state index in [4.69, 9.17) is 9.47 Å². The fraction of sp³-hybridized carbons (Fsp3) is 0.312. The van der Waals surface area contributed by atoms with E-state index in [1.165, 1.54) is 12.1 Å². The second-order valence-electron chi connectivity index (χ2n) is 5.24. The van der Waals surface area contributed by atoms with Gasteiger partial charge in [-0.05, 0) is 32.4 Å². The van der Waals surface area contributed by atoms with Gasteiger partial charge >= 0.3 is 16.9 Å². The molecular weight excluding hydrogens is 364 g/mol. The van der Waals surface area contributed by atoms with Gasteiger partial charge in [0.2, 0.25) is 5.78 Å². The number of aryl methyl sites for hydroxylation is 1. The average molecular weight is 380 g/mol. The Kier molecular flexibility index (Phi) is 5.88. The van der Waals surface area contributed by atoms with E-state index in [1.54, 1.807) is 20.8 Å². The smallest absolute Gasteiger partial charge is 0.349 e. The molecule has 0 saturated carbocycles. The minimum Gasteiger partial charge on any atom is -0.462 e. The molecule has 0 atom stereocenters. The highest BCUT2D eigenvalue weighted by atomic mass is 32.1. The van der Waals surface area contributed by atoms with Crippen LogP contribution in [0.3, 0.4) is 0 Å². The monoisotopic (exact) mass is 380 g/mol. The van der Waals surface area contributed by atoms with Crippen LogP contribution in [-0.4, -0.2) is 40.8 Å². The summed E-state index contributed by atoms with van der Waals surface area (Å²) < 4.78 is 9.86. The number of Topliss-reactive ketones (excluding diaryl/α,β-unsaturated/α-hetero) is 1. The van der Waals surface area contributed by atoms with Gasteiger partial charge in [0, 0.05) is 11.8 Å². The zero-order chi connectivity index (χ0) is 19.4. The van der Waals surface area contributed by atoms with Crippen molar-refractivity contribution in [3.8, 4) is 0 Å². The van der Waals surface area contributed by atoms with Gasteiger partial charge in [-0.3, -0.25) is 14.9 Å². The number of aromatic amines is 1. The summed E-state index contributed by atoms with van der Waals surface area (Å²) in [5, 5.41) is 10.4. The van der Waals surface area contributed by atoms with Crippen molar-refractivity contribution in [3.63, 3.8) is 0 Å². The highest BCUT2D eigenvalue weighted by Crippen LogP contribution is 2.25. The van der Waals surface area contributed by atoms with Crippen LogP contribution in [0, 0.1) is 24.0 Å². The van der Waals surface area contributed by atoms with Crippen molar-refractivity contribution in [2.45, 2.75) is 20.8 Å². The largest absolute Gasteiger partial charge is 0.462 e. The number of hydrogen-bond donors (Lipinski definition) is 1. The Bertz CT molecular complexity index is 881. The summed E-state index contributed by atoms with van der Waals surface area (Å²) in [7, 11) is 0. The molecule has 0 spiro atoms. The number of carbonyl (C=O) groups is 3. The van der Waals surface area contributed by atoms with E-state index >= 15 is 0 Å². The third-order valence-electron chi connectivity index (χ3n) is 3.50. The molecule has 0 aliphatic carbocycles. The number of ether oxygens (including phenoxy) is 2. The molecule has 10 heteroatoms. The maximum atomic E-state index is 12.3. The van der Waals surface area contributed by atoms with Crippen molar-refractivity contribution in [1.29, 1.82) is 0 Å². The van der Waals surface area contributed by atoms with Crippen LogP contribution in [0.25, 0.3) is 0 Å². The molecule has 0 amide bonds. The highest BCUT2D eigenvalue weighted by molar-refractivity contribution is 7.17. The number of esters is 2. The SMILES string of the molecule is CCOC(=O)c1c(C)[nH]c(C(=O)COC(=O)c2ccc([N+](=O)[O-])s2)c1C. The Morgan fingerprint density at radius 1 is 1.19 bits per heavy atom. The summed E-state index contributed by atoms with van der Waals surface area (Å²) in [5.74, 6) is -1.90. The molecule has 0 bridgehead atoms. The number of nitro groups is 1. The van der Waals surface area contributed by atoms with Crippen LogP contribution < -0.4 is 0 Å². The van der Waals surface area contributed by atoms with Crippen LogP contribution in [-0.2, 0) is 9.47 Å². The normalized spacial score (nSPS) is 10.4. The molecule has 138 valence electrons. The summed E-state index contributed by atoms with van der Waals surface area (Å²) in [6, 6.07) is 2.45. The van der Waals surface area contributed by atoms with E-state index in [2.05, 4.69) is 4.98 Å². The molecule has 0 unspecified atom stereocenters. The molecule has 0 fully saturated rings. The van der Waals surface area contributed by atoms with Gasteiger partial charge in [0.05, 0.1) is 22.8 Å². The maximum Gasteiger partial charge on any atom is 0.349 e. The maximum absolute atomic E-state index is 12.3. The number of nitrogens with one attached hydrogen (secondary N) is 1. The van der Waals surface area contributed by atoms with Crippen LogP contribution in [0.1, 0.15) is 48.7 Å². The van der Waals surface area contributed by atoms with Gasteiger partial charge in [-0.2, -0.15) is 0 Å². The number of nitrogens with zero attached hydrogens (tertiary/aromatic N) is 1. The Hall–Kier alpha value is -3.01. The lowest BCUT2D eigenvalue weighted by Gasteiger charge is -2.03. The van der Waals surface area contributed by atoms with E-state index < -0.39 is 29.3 Å². The fourth-order valence-corrected chi connectivity index (χ4v) is 3.06. The summed E-state index contributed by atoms with van der Waals surface area (Å²) in [6.45, 7) is 4.54. The van der Waals surface area contributed by atoms with Crippen LogP contribution >= 0.6 is 11.3 Å². The van der Waals surface area contributed by atoms with Crippen molar-refractivity contribution in [2.24, 2.45) is 0 Å². The van der Waals surface area contributed by atoms with Crippen LogP contribution in [0.5, 0.6) is 0 Å². The number of aromatic nitrogens is 1. The third-order valence-corrected chi connectivity index (χ3v) is 4.52. The molecule has 2 heterocycles. The van der Waals surface area contributed by atoms with Crippen molar-refractivity contribution >= 4 is 34.1 Å². The quantitative estimate of drug-likeness (QED) is 0.338. The van der Waals surface area contributed by atoms with Gasteiger partial charge in [0.1, 0.15) is 4.88 Å². The van der Waals surface area contributed by atoms with E-state index in [1.807, 2.05) is 0 Å². The first kappa shape index (κ1) is 19.3. The first-order valence-electron chi connectivity index (χ1n) is 7.57. The second kappa shape index (κ2) is 7.91. The van der Waals surface area contributed by atoms with Gasteiger partial charge in [-0.15, -0.1) is 0 Å². The van der Waals surface area contributed by atoms with Gasteiger partial charge in [-0.1, -0.05) is 11.3 Å². The lowest BCUT2D eigenvalue weighted by atomic mass is 10.1. The standard InChI is InChI=1S/C16H16N2O7S/c1-4-24-16(21)13-8(2)14(17-9(13)3)10(19)7-25-15(20)11-5-6-12(26-11)18(22)23/h5-6,17H,4,7H2,1-3H3. The van der Waals surface area contributed by atoms with Gasteiger partial charge in [0.15, 0.2) is 6.61 Å². The lowest BCUT2D eigenvalue weighted by molar-refractivity contribution is -0.380. The van der Waals surface area contributed by atoms with E-state index in [0.29, 0.717) is 22.6 Å². The Morgan fingerprint density at radius 2 is 1.88 bits per heavy atom. The fourth-order valence-electron chi connectivity index (χ4n) is 2.35. The Labute approximate surface area is 152 Å². The number of thiophene rings is 1. The van der Waals surface area contributed by atoms with Crippen molar-refractivity contribution in [1.82, 2.24) is 4.98 Å². The zero-order valence-corrected chi connectivity index (χ0v) is 15.1. The number of rotatable bonds is 7. The van der Waals surface area contributed by atoms with Gasteiger partial charge in [-0.25, -0.2) is 9.59 Å². The average Bonchev–Trinajstić information content (AvgIpc) is 3.18. The molecule has 2 aromatic heterocycles. The van der Waals surface area contributed by atoms with E-state index in [9.17, 15) is 24.5 Å². The molecule has 1 N–H and O–H groups in total. The topological polar surface area (TPSA) is 129 Å². The third kappa shape index (κ3) is 3.97. The zero-order valence-electron chi connectivity index (χ0n) is 14.3. The van der Waals surface area contributed by atoms with Crippen LogP contribution in [0.4, 0.5) is 5.00 Å². The molecule has 0 aromatic carbocycles. The minimum atomic E-state index is -0.831. The van der Waals surface area contributed by atoms with Gasteiger partial charge < -0.3 is 14.5 Å². The van der Waals surface area contributed by atoms with E-state index in [-0.39, 0.29) is 27.7 Å². The molecule has 0 radical (unpaired) electrons. The number of hydrogen-bond acceptors (Lipinski definition) is 8. The molecule has 0 saturated heterocycles. The predicted octanol–water partition coefficient (Wildman–Crippen LogP) is 2.82. The summed E-state index contributed by atoms with van der Waals surface area (Å²) in [4.78, 5) is 49.0. The molecule has 0 aliphatic rings. The van der Waals surface area contributed by atoms with Crippen molar-refractivity contribution in [2.75, 3.05) is 13.2 Å².